The second-order valence-electron chi connectivity index (χ2n) is 33.6. The van der Waals surface area contributed by atoms with Crippen LogP contribution >= 0.6 is 11.6 Å². The number of halogens is 10. The fraction of sp³-hybridized carbons (Fsp3) is 0.388. The van der Waals surface area contributed by atoms with Crippen molar-refractivity contribution in [2.24, 2.45) is 17.8 Å². The van der Waals surface area contributed by atoms with Gasteiger partial charge >= 0.3 is 12.4 Å². The van der Waals surface area contributed by atoms with Gasteiger partial charge in [0.1, 0.15) is 17.5 Å². The lowest BCUT2D eigenvalue weighted by atomic mass is 9.83. The Hall–Kier alpha value is -11.1. The van der Waals surface area contributed by atoms with Gasteiger partial charge in [0.15, 0.2) is 0 Å². The van der Waals surface area contributed by atoms with Crippen LogP contribution in [-0.4, -0.2) is 87.9 Å². The molecule has 6 N–H and O–H groups in total. The van der Waals surface area contributed by atoms with Crippen molar-refractivity contribution in [2.45, 2.75) is 206 Å². The Balaban J connectivity index is 0.000000159. The zero-order valence-electron chi connectivity index (χ0n) is 69.9. The van der Waals surface area contributed by atoms with Crippen LogP contribution < -0.4 is 31.9 Å². The van der Waals surface area contributed by atoms with E-state index in [1.807, 2.05) is 91.9 Å². The van der Waals surface area contributed by atoms with E-state index < -0.39 is 100 Å². The maximum Gasteiger partial charge on any atom is 0.416 e. The molecule has 3 saturated carbocycles. The second kappa shape index (κ2) is 39.6. The third-order valence-electron chi connectivity index (χ3n) is 25.0. The van der Waals surface area contributed by atoms with Gasteiger partial charge in [0.05, 0.1) is 63.7 Å². The van der Waals surface area contributed by atoms with Crippen molar-refractivity contribution in [2.75, 3.05) is 51.5 Å². The molecule has 6 amide bonds. The molecule has 9 aromatic carbocycles. The summed E-state index contributed by atoms with van der Waals surface area (Å²) >= 11 is 6.30. The molecule has 3 aliphatic heterocycles. The van der Waals surface area contributed by atoms with Crippen LogP contribution in [0.1, 0.15) is 226 Å². The summed E-state index contributed by atoms with van der Waals surface area (Å²) in [6.07, 6.45) is 7.90. The number of amides is 6. The normalized spacial score (nSPS) is 19.6. The summed E-state index contributed by atoms with van der Waals surface area (Å²) in [7, 11) is 0. The van der Waals surface area contributed by atoms with Gasteiger partial charge in [-0.1, -0.05) is 141 Å². The zero-order chi connectivity index (χ0) is 87.6. The highest BCUT2D eigenvalue weighted by Gasteiger charge is 2.45. The van der Waals surface area contributed by atoms with Crippen molar-refractivity contribution in [1.82, 2.24) is 14.7 Å². The Bertz CT molecular complexity index is 5000. The van der Waals surface area contributed by atoms with Gasteiger partial charge in [0.2, 0.25) is 17.7 Å². The van der Waals surface area contributed by atoms with Gasteiger partial charge < -0.3 is 46.6 Å². The minimum Gasteiger partial charge on any atom is -0.382 e. The standard InChI is InChI=1S/2C33H35F4N3O2.C32H35ClFN3O2/c2*1-20-12-15-25(19-27(20)33(35,36)37)39-31(41)26-10-6-18-40(32(42)29-21(2)7-5-11-28(29)34)30(26)22-13-16-24(17-14-22)38-23-8-3-4-9-23;1-20-12-15-25(19-27(20)33)36-31(38)26-10-6-18-37(32(39)29-21(2)7-5-11-28(29)34)30(26)22-13-16-24(17-14-22)35-23-8-3-4-9-23/h2*5,7,11-17,19,23,26,30,38H,3-4,6,8-10,18H2,1-2H3,(H,39,41);5,7,11-17,19,23,26,30,35H,3-4,6,8-10,18H2,1-2H3,(H,36,38)/t3*26-,30-/m000/s1. The fourth-order valence-electron chi connectivity index (χ4n) is 18.5. The van der Waals surface area contributed by atoms with Crippen LogP contribution in [0.5, 0.6) is 0 Å². The summed E-state index contributed by atoms with van der Waals surface area (Å²) in [6.45, 7) is 10.8. The predicted octanol–water partition coefficient (Wildman–Crippen LogP) is 23.8. The molecule has 6 aliphatic rings. The number of piperidine rings is 3. The molecular formula is C98H105ClF9N9O6. The molecular weight excluding hydrogens is 1610 g/mol. The third kappa shape index (κ3) is 21.6. The number of hydrogen-bond acceptors (Lipinski definition) is 9. The smallest absolute Gasteiger partial charge is 0.382 e. The fourth-order valence-corrected chi connectivity index (χ4v) is 18.7. The maximum atomic E-state index is 14.9. The van der Waals surface area contributed by atoms with E-state index in [1.165, 1.54) is 130 Å². The quantitative estimate of drug-likeness (QED) is 0.0455. The summed E-state index contributed by atoms with van der Waals surface area (Å²) in [4.78, 5) is 87.5. The van der Waals surface area contributed by atoms with Crippen molar-refractivity contribution in [3.63, 3.8) is 0 Å². The molecule has 6 atom stereocenters. The zero-order valence-corrected chi connectivity index (χ0v) is 70.7. The van der Waals surface area contributed by atoms with Crippen LogP contribution in [0.4, 0.5) is 73.6 Å². The van der Waals surface area contributed by atoms with Crippen LogP contribution in [0, 0.1) is 76.7 Å². The molecule has 25 heteroatoms. The number of carbonyl (C=O) groups excluding carboxylic acids is 6. The van der Waals surface area contributed by atoms with Gasteiger partial charge in [-0.05, 0) is 260 Å². The van der Waals surface area contributed by atoms with Crippen molar-refractivity contribution < 1.29 is 68.3 Å². The number of anilines is 6. The van der Waals surface area contributed by atoms with E-state index in [4.69, 9.17) is 11.6 Å². The van der Waals surface area contributed by atoms with Crippen LogP contribution in [-0.2, 0) is 26.7 Å². The summed E-state index contributed by atoms with van der Waals surface area (Å²) in [5.74, 6) is -6.46. The SMILES string of the molecule is Cc1ccc(NC(=O)[C@H]2CCCN(C(=O)c3c(C)cccc3F)[C@H]2c2ccc(NC3CCCC3)cc2)cc1C(F)(F)F.Cc1ccc(NC(=O)[C@H]2CCCN(C(=O)c3c(C)cccc3F)[C@H]2c2ccc(NC3CCCC3)cc2)cc1C(F)(F)F.Cc1ccc(NC(=O)[C@H]2CCCN(C(=O)c3c(C)cccc3F)[C@H]2c2ccc(NC3CCCC3)cc2)cc1Cl. The third-order valence-corrected chi connectivity index (χ3v) is 25.4. The average Bonchev–Trinajstić information content (AvgIpc) is 1.16. The van der Waals surface area contributed by atoms with Crippen LogP contribution in [0.25, 0.3) is 0 Å². The molecule has 3 aliphatic carbocycles. The van der Waals surface area contributed by atoms with E-state index in [1.54, 1.807) is 56.0 Å². The molecule has 0 spiro atoms. The summed E-state index contributed by atoms with van der Waals surface area (Å²) in [6, 6.07) is 48.8. The van der Waals surface area contributed by atoms with Crippen LogP contribution in [0.15, 0.2) is 182 Å². The lowest BCUT2D eigenvalue weighted by molar-refractivity contribution is -0.138. The van der Waals surface area contributed by atoms with Gasteiger partial charge in [-0.15, -0.1) is 0 Å². The highest BCUT2D eigenvalue weighted by molar-refractivity contribution is 6.31. The lowest BCUT2D eigenvalue weighted by Crippen LogP contribution is -2.46. The molecule has 123 heavy (non-hydrogen) atoms. The first-order valence-corrected chi connectivity index (χ1v) is 43.1. The number of likely N-dealkylation sites (tertiary alicyclic amines) is 3. The van der Waals surface area contributed by atoms with E-state index in [0.29, 0.717) is 115 Å². The molecule has 0 unspecified atom stereocenters. The number of rotatable bonds is 18. The summed E-state index contributed by atoms with van der Waals surface area (Å²) < 4.78 is 126. The molecule has 15 rings (SSSR count). The molecule has 3 heterocycles. The molecule has 6 fully saturated rings. The Labute approximate surface area is 717 Å². The summed E-state index contributed by atoms with van der Waals surface area (Å²) in [5.41, 5.74) is 6.75. The van der Waals surface area contributed by atoms with E-state index in [9.17, 15) is 68.3 Å². The first-order valence-electron chi connectivity index (χ1n) is 42.7. The van der Waals surface area contributed by atoms with Crippen molar-refractivity contribution in [1.29, 1.82) is 0 Å². The molecule has 648 valence electrons. The Morgan fingerprint density at radius 2 is 0.577 bits per heavy atom. The number of aryl methyl sites for hydroxylation is 6. The number of nitrogens with zero attached hydrogens (tertiary/aromatic N) is 3. The van der Waals surface area contributed by atoms with Gasteiger partial charge in [-0.3, -0.25) is 28.8 Å². The first kappa shape index (κ1) is 89.6. The van der Waals surface area contributed by atoms with E-state index in [0.717, 1.165) is 66.0 Å². The predicted molar refractivity (Wildman–Crippen MR) is 464 cm³/mol. The Kier molecular flexibility index (Phi) is 28.8. The van der Waals surface area contributed by atoms with Crippen molar-refractivity contribution in [3.05, 3.63) is 282 Å². The topological polar surface area (TPSA) is 184 Å². The second-order valence-corrected chi connectivity index (χ2v) is 34.0. The van der Waals surface area contributed by atoms with Gasteiger partial charge in [0, 0.05) is 76.9 Å². The molecule has 0 radical (unpaired) electrons. The van der Waals surface area contributed by atoms with Crippen LogP contribution in [0.2, 0.25) is 5.02 Å². The van der Waals surface area contributed by atoms with Crippen molar-refractivity contribution in [3.8, 4) is 0 Å². The lowest BCUT2D eigenvalue weighted by Gasteiger charge is -2.41. The number of benzene rings is 9. The van der Waals surface area contributed by atoms with E-state index >= 15 is 0 Å². The maximum absolute atomic E-state index is 14.9. The van der Waals surface area contributed by atoms with Crippen molar-refractivity contribution >= 4 is 81.2 Å². The molecule has 9 aromatic rings. The van der Waals surface area contributed by atoms with Crippen LogP contribution in [0.3, 0.4) is 0 Å². The highest BCUT2D eigenvalue weighted by atomic mass is 35.5. The summed E-state index contributed by atoms with van der Waals surface area (Å²) in [5, 5.41) is 19.6. The van der Waals surface area contributed by atoms with E-state index in [2.05, 4.69) is 31.9 Å². The first-order chi connectivity index (χ1) is 58.9. The van der Waals surface area contributed by atoms with Gasteiger partial charge in [0.25, 0.3) is 17.7 Å². The Morgan fingerprint density at radius 1 is 0.317 bits per heavy atom. The number of hydrogen-bond donors (Lipinski definition) is 6. The van der Waals surface area contributed by atoms with Gasteiger partial charge in [-0.2, -0.15) is 26.3 Å². The van der Waals surface area contributed by atoms with Gasteiger partial charge in [-0.25, -0.2) is 13.2 Å². The number of alkyl halides is 6. The molecule has 3 saturated heterocycles. The largest absolute Gasteiger partial charge is 0.416 e. The number of carbonyl (C=O) groups is 6. The van der Waals surface area contributed by atoms with E-state index in [-0.39, 0.29) is 51.0 Å². The molecule has 0 bridgehead atoms. The minimum absolute atomic E-state index is 0.0289. The molecule has 15 nitrogen and oxygen atoms in total. The highest BCUT2D eigenvalue weighted by Crippen LogP contribution is 2.45. The Morgan fingerprint density at radius 3 is 0.837 bits per heavy atom. The number of nitrogens with one attached hydrogen (secondary N) is 6. The monoisotopic (exact) mass is 1710 g/mol. The average molecular weight is 1710 g/mol. The minimum atomic E-state index is -4.56. The molecule has 0 aromatic heterocycles.